The van der Waals surface area contributed by atoms with Crippen LogP contribution in [0, 0.1) is 0 Å². The van der Waals surface area contributed by atoms with Crippen LogP contribution in [0.25, 0.3) is 10.1 Å². The van der Waals surface area contributed by atoms with Crippen LogP contribution in [0.3, 0.4) is 0 Å². The molecule has 1 aromatic carbocycles. The van der Waals surface area contributed by atoms with Crippen LogP contribution in [-0.4, -0.2) is 43.5 Å². The van der Waals surface area contributed by atoms with Gasteiger partial charge in [0.1, 0.15) is 0 Å². The molecule has 100 valence electrons. The van der Waals surface area contributed by atoms with E-state index in [2.05, 4.69) is 39.4 Å². The van der Waals surface area contributed by atoms with Crippen LogP contribution < -0.4 is 10.6 Å². The second-order valence-electron chi connectivity index (χ2n) is 4.84. The van der Waals surface area contributed by atoms with E-state index in [-0.39, 0.29) is 5.91 Å². The van der Waals surface area contributed by atoms with Crippen molar-refractivity contribution < 1.29 is 4.79 Å². The van der Waals surface area contributed by atoms with Gasteiger partial charge in [0.2, 0.25) is 5.91 Å². The van der Waals surface area contributed by atoms with Gasteiger partial charge in [0, 0.05) is 42.0 Å². The summed E-state index contributed by atoms with van der Waals surface area (Å²) >= 11 is 1.78. The minimum absolute atomic E-state index is 0.242. The first-order valence-corrected chi connectivity index (χ1v) is 7.34. The topological polar surface area (TPSA) is 49.6 Å². The SMILES string of the molecule is NC(=O)CN1CCN(c2cccc3sccc23)CC1. The van der Waals surface area contributed by atoms with E-state index in [4.69, 9.17) is 5.73 Å². The number of amides is 1. The Morgan fingerprint density at radius 1 is 1.21 bits per heavy atom. The number of carbonyl (C=O) groups excluding carboxylic acids is 1. The highest BCUT2D eigenvalue weighted by Gasteiger charge is 2.19. The van der Waals surface area contributed by atoms with Gasteiger partial charge in [0.25, 0.3) is 0 Å². The molecule has 1 saturated heterocycles. The van der Waals surface area contributed by atoms with Gasteiger partial charge in [0.05, 0.1) is 6.54 Å². The molecule has 2 N–H and O–H groups in total. The van der Waals surface area contributed by atoms with Crippen LogP contribution in [-0.2, 0) is 4.79 Å². The molecule has 0 saturated carbocycles. The van der Waals surface area contributed by atoms with E-state index >= 15 is 0 Å². The fourth-order valence-electron chi connectivity index (χ4n) is 2.62. The number of piperazine rings is 1. The fraction of sp³-hybridized carbons (Fsp3) is 0.357. The molecule has 1 aliphatic rings. The zero-order chi connectivity index (χ0) is 13.2. The lowest BCUT2D eigenvalue weighted by molar-refractivity contribution is -0.119. The molecule has 0 radical (unpaired) electrons. The molecule has 0 unspecified atom stereocenters. The molecule has 2 aromatic rings. The number of nitrogens with zero attached hydrogens (tertiary/aromatic N) is 2. The average molecular weight is 275 g/mol. The number of thiophene rings is 1. The molecule has 5 heteroatoms. The van der Waals surface area contributed by atoms with Crippen molar-refractivity contribution in [2.45, 2.75) is 0 Å². The number of carbonyl (C=O) groups is 1. The molecule has 2 heterocycles. The molecule has 19 heavy (non-hydrogen) atoms. The largest absolute Gasteiger partial charge is 0.369 e. The summed E-state index contributed by atoms with van der Waals surface area (Å²) in [4.78, 5) is 15.4. The summed E-state index contributed by atoms with van der Waals surface area (Å²) in [5.74, 6) is -0.242. The van der Waals surface area contributed by atoms with Crippen LogP contribution in [0.1, 0.15) is 0 Å². The average Bonchev–Trinajstić information content (AvgIpc) is 2.87. The van der Waals surface area contributed by atoms with E-state index in [1.807, 2.05) is 0 Å². The van der Waals surface area contributed by atoms with E-state index in [9.17, 15) is 4.79 Å². The van der Waals surface area contributed by atoms with Crippen LogP contribution >= 0.6 is 11.3 Å². The lowest BCUT2D eigenvalue weighted by Gasteiger charge is -2.35. The number of benzene rings is 1. The van der Waals surface area contributed by atoms with Gasteiger partial charge in [-0.3, -0.25) is 9.69 Å². The molecule has 0 spiro atoms. The standard InChI is InChI=1S/C14H17N3OS/c15-14(18)10-16-5-7-17(8-6-16)12-2-1-3-13-11(12)4-9-19-13/h1-4,9H,5-8,10H2,(H2,15,18). The van der Waals surface area contributed by atoms with Crippen LogP contribution in [0.2, 0.25) is 0 Å². The molecule has 4 nitrogen and oxygen atoms in total. The van der Waals surface area contributed by atoms with Crippen LogP contribution in [0.4, 0.5) is 5.69 Å². The van der Waals surface area contributed by atoms with Crippen molar-refractivity contribution in [3.63, 3.8) is 0 Å². The predicted molar refractivity (Wildman–Crippen MR) is 79.7 cm³/mol. The van der Waals surface area contributed by atoms with E-state index < -0.39 is 0 Å². The Labute approximate surface area is 116 Å². The van der Waals surface area contributed by atoms with Gasteiger partial charge in [-0.05, 0) is 23.6 Å². The minimum atomic E-state index is -0.242. The third-order valence-corrected chi connectivity index (χ3v) is 4.45. The molecule has 1 amide bonds. The maximum atomic E-state index is 10.9. The number of primary amides is 1. The molecule has 1 fully saturated rings. The second kappa shape index (κ2) is 5.19. The van der Waals surface area contributed by atoms with Gasteiger partial charge >= 0.3 is 0 Å². The lowest BCUT2D eigenvalue weighted by Crippen LogP contribution is -2.48. The molecule has 1 aromatic heterocycles. The molecule has 3 rings (SSSR count). The smallest absolute Gasteiger partial charge is 0.231 e. The third-order valence-electron chi connectivity index (χ3n) is 3.57. The minimum Gasteiger partial charge on any atom is -0.369 e. The zero-order valence-electron chi connectivity index (χ0n) is 10.7. The zero-order valence-corrected chi connectivity index (χ0v) is 11.5. The van der Waals surface area contributed by atoms with Crippen molar-refractivity contribution in [3.8, 4) is 0 Å². The molecule has 1 aliphatic heterocycles. The third kappa shape index (κ3) is 2.57. The Morgan fingerprint density at radius 2 is 2.00 bits per heavy atom. The second-order valence-corrected chi connectivity index (χ2v) is 5.79. The van der Waals surface area contributed by atoms with Gasteiger partial charge in [0.15, 0.2) is 0 Å². The Bertz CT molecular complexity index is 587. The maximum absolute atomic E-state index is 10.9. The highest BCUT2D eigenvalue weighted by molar-refractivity contribution is 7.17. The van der Waals surface area contributed by atoms with Gasteiger partial charge in [-0.1, -0.05) is 6.07 Å². The van der Waals surface area contributed by atoms with Crippen molar-refractivity contribution in [2.24, 2.45) is 5.73 Å². The highest BCUT2D eigenvalue weighted by atomic mass is 32.1. The number of anilines is 1. The van der Waals surface area contributed by atoms with Gasteiger partial charge in [-0.25, -0.2) is 0 Å². The number of nitrogens with two attached hydrogens (primary N) is 1. The number of rotatable bonds is 3. The first-order chi connectivity index (χ1) is 9.24. The van der Waals surface area contributed by atoms with Gasteiger partial charge < -0.3 is 10.6 Å². The number of hydrogen-bond donors (Lipinski definition) is 1. The van der Waals surface area contributed by atoms with Gasteiger partial charge in [-0.2, -0.15) is 0 Å². The maximum Gasteiger partial charge on any atom is 0.231 e. The Morgan fingerprint density at radius 3 is 2.74 bits per heavy atom. The Balaban J connectivity index is 1.75. The quantitative estimate of drug-likeness (QED) is 0.923. The Kier molecular flexibility index (Phi) is 3.40. The molecular weight excluding hydrogens is 258 g/mol. The van der Waals surface area contributed by atoms with Crippen LogP contribution in [0.15, 0.2) is 29.6 Å². The van der Waals surface area contributed by atoms with E-state index in [1.54, 1.807) is 11.3 Å². The summed E-state index contributed by atoms with van der Waals surface area (Å²) in [5.41, 5.74) is 6.54. The first-order valence-electron chi connectivity index (χ1n) is 6.46. The predicted octanol–water partition coefficient (Wildman–Crippen LogP) is 1.51. The monoisotopic (exact) mass is 275 g/mol. The molecule has 0 bridgehead atoms. The van der Waals surface area contributed by atoms with Gasteiger partial charge in [-0.15, -0.1) is 11.3 Å². The first kappa shape index (κ1) is 12.4. The van der Waals surface area contributed by atoms with E-state index in [0.717, 1.165) is 26.2 Å². The lowest BCUT2D eigenvalue weighted by atomic mass is 10.2. The van der Waals surface area contributed by atoms with Crippen molar-refractivity contribution in [1.82, 2.24) is 4.90 Å². The molecular formula is C14H17N3OS. The summed E-state index contributed by atoms with van der Waals surface area (Å²) in [6.45, 7) is 4.05. The van der Waals surface area contributed by atoms with Crippen molar-refractivity contribution >= 4 is 33.0 Å². The molecule has 0 atom stereocenters. The van der Waals surface area contributed by atoms with Crippen molar-refractivity contribution in [1.29, 1.82) is 0 Å². The fourth-order valence-corrected chi connectivity index (χ4v) is 3.43. The van der Waals surface area contributed by atoms with E-state index in [1.165, 1.54) is 15.8 Å². The number of hydrogen-bond acceptors (Lipinski definition) is 4. The number of fused-ring (bicyclic) bond motifs is 1. The van der Waals surface area contributed by atoms with Crippen molar-refractivity contribution in [2.75, 3.05) is 37.6 Å². The summed E-state index contributed by atoms with van der Waals surface area (Å²) in [5, 5.41) is 3.47. The van der Waals surface area contributed by atoms with Crippen LogP contribution in [0.5, 0.6) is 0 Å². The van der Waals surface area contributed by atoms with Crippen molar-refractivity contribution in [3.05, 3.63) is 29.6 Å². The summed E-state index contributed by atoms with van der Waals surface area (Å²) in [7, 11) is 0. The highest BCUT2D eigenvalue weighted by Crippen LogP contribution is 2.30. The van der Waals surface area contributed by atoms with E-state index in [0.29, 0.717) is 6.54 Å². The normalized spacial score (nSPS) is 16.9. The Hall–Kier alpha value is -1.59. The summed E-state index contributed by atoms with van der Waals surface area (Å²) in [6, 6.07) is 8.64. The summed E-state index contributed by atoms with van der Waals surface area (Å²) in [6.07, 6.45) is 0. The molecule has 0 aliphatic carbocycles. The summed E-state index contributed by atoms with van der Waals surface area (Å²) < 4.78 is 1.33.